The maximum Gasteiger partial charge on any atom is 0.263 e. The minimum atomic E-state index is -2.51. The number of hydrogen-bond donors (Lipinski definition) is 1. The van der Waals surface area contributed by atoms with Gasteiger partial charge in [0.05, 0.1) is 0 Å². The van der Waals surface area contributed by atoms with Crippen molar-refractivity contribution in [2.24, 2.45) is 5.73 Å². The van der Waals surface area contributed by atoms with Gasteiger partial charge in [-0.1, -0.05) is 6.42 Å². The van der Waals surface area contributed by atoms with Gasteiger partial charge in [0.1, 0.15) is 0 Å². The predicted octanol–water partition coefficient (Wildman–Crippen LogP) is 2.73. The molecule has 1 heterocycles. The SMILES string of the molecule is NCC1(c2cc(C(F)F)cc3c2OCO3)CCC1. The average molecular weight is 255 g/mol. The summed E-state index contributed by atoms with van der Waals surface area (Å²) >= 11 is 0. The first-order chi connectivity index (χ1) is 8.66. The van der Waals surface area contributed by atoms with Gasteiger partial charge in [0, 0.05) is 23.1 Å². The van der Waals surface area contributed by atoms with Crippen molar-refractivity contribution in [3.63, 3.8) is 0 Å². The highest BCUT2D eigenvalue weighted by Crippen LogP contribution is 2.51. The molecular weight excluding hydrogens is 240 g/mol. The fourth-order valence-corrected chi connectivity index (χ4v) is 2.74. The van der Waals surface area contributed by atoms with Crippen LogP contribution in [-0.2, 0) is 5.41 Å². The molecule has 3 nitrogen and oxygen atoms in total. The molecule has 1 aliphatic heterocycles. The second kappa shape index (κ2) is 4.09. The first-order valence-corrected chi connectivity index (χ1v) is 6.08. The van der Waals surface area contributed by atoms with Crippen LogP contribution in [0.25, 0.3) is 0 Å². The molecule has 1 saturated carbocycles. The Hall–Kier alpha value is -1.36. The molecule has 1 aromatic rings. The van der Waals surface area contributed by atoms with E-state index in [0.717, 1.165) is 24.8 Å². The summed E-state index contributed by atoms with van der Waals surface area (Å²) in [6.07, 6.45) is 0.414. The lowest BCUT2D eigenvalue weighted by Crippen LogP contribution is -2.41. The molecule has 0 bridgehead atoms. The first kappa shape index (κ1) is 11.7. The Bertz CT molecular complexity index is 467. The van der Waals surface area contributed by atoms with Gasteiger partial charge < -0.3 is 15.2 Å². The number of fused-ring (bicyclic) bond motifs is 1. The van der Waals surface area contributed by atoms with Gasteiger partial charge in [0.2, 0.25) is 6.79 Å². The van der Waals surface area contributed by atoms with Crippen LogP contribution in [0.1, 0.15) is 36.8 Å². The molecule has 0 aromatic heterocycles. The molecule has 18 heavy (non-hydrogen) atoms. The fraction of sp³-hybridized carbons (Fsp3) is 0.538. The van der Waals surface area contributed by atoms with Crippen LogP contribution in [0.3, 0.4) is 0 Å². The molecule has 3 rings (SSSR count). The number of halogens is 2. The molecular formula is C13H15F2NO2. The van der Waals surface area contributed by atoms with Gasteiger partial charge in [-0.3, -0.25) is 0 Å². The summed E-state index contributed by atoms with van der Waals surface area (Å²) in [4.78, 5) is 0. The summed E-state index contributed by atoms with van der Waals surface area (Å²) in [6, 6.07) is 2.89. The lowest BCUT2D eigenvalue weighted by molar-refractivity contribution is 0.150. The lowest BCUT2D eigenvalue weighted by Gasteiger charge is -2.42. The monoisotopic (exact) mass is 255 g/mol. The maximum absolute atomic E-state index is 12.9. The summed E-state index contributed by atoms with van der Waals surface area (Å²) < 4.78 is 36.5. The van der Waals surface area contributed by atoms with Crippen LogP contribution in [0.15, 0.2) is 12.1 Å². The molecule has 0 atom stereocenters. The van der Waals surface area contributed by atoms with Gasteiger partial charge in [0.15, 0.2) is 11.5 Å². The number of nitrogens with two attached hydrogens (primary N) is 1. The first-order valence-electron chi connectivity index (χ1n) is 6.08. The molecule has 1 aromatic carbocycles. The zero-order chi connectivity index (χ0) is 12.8. The summed E-state index contributed by atoms with van der Waals surface area (Å²) in [7, 11) is 0. The third-order valence-corrected chi connectivity index (χ3v) is 4.02. The number of ether oxygens (including phenoxy) is 2. The summed E-state index contributed by atoms with van der Waals surface area (Å²) in [6.45, 7) is 0.547. The smallest absolute Gasteiger partial charge is 0.263 e. The second-order valence-electron chi connectivity index (χ2n) is 4.94. The van der Waals surface area contributed by atoms with E-state index < -0.39 is 6.43 Å². The van der Waals surface area contributed by atoms with Crippen molar-refractivity contribution in [2.75, 3.05) is 13.3 Å². The van der Waals surface area contributed by atoms with Crippen LogP contribution in [-0.4, -0.2) is 13.3 Å². The van der Waals surface area contributed by atoms with Crippen molar-refractivity contribution < 1.29 is 18.3 Å². The molecule has 0 radical (unpaired) electrons. The van der Waals surface area contributed by atoms with Gasteiger partial charge in [-0.15, -0.1) is 0 Å². The van der Waals surface area contributed by atoms with Crippen LogP contribution >= 0.6 is 0 Å². The van der Waals surface area contributed by atoms with Crippen molar-refractivity contribution in [3.05, 3.63) is 23.3 Å². The van der Waals surface area contributed by atoms with Gasteiger partial charge in [-0.2, -0.15) is 0 Å². The Balaban J connectivity index is 2.12. The maximum atomic E-state index is 12.9. The quantitative estimate of drug-likeness (QED) is 0.903. The van der Waals surface area contributed by atoms with E-state index in [0.29, 0.717) is 18.0 Å². The summed E-state index contributed by atoms with van der Waals surface area (Å²) in [5.41, 5.74) is 6.41. The zero-order valence-corrected chi connectivity index (χ0v) is 9.92. The topological polar surface area (TPSA) is 44.5 Å². The Morgan fingerprint density at radius 3 is 2.61 bits per heavy atom. The van der Waals surface area contributed by atoms with Crippen molar-refractivity contribution in [3.8, 4) is 11.5 Å². The van der Waals surface area contributed by atoms with E-state index in [-0.39, 0.29) is 17.8 Å². The van der Waals surface area contributed by atoms with E-state index in [4.69, 9.17) is 15.2 Å². The zero-order valence-electron chi connectivity index (χ0n) is 9.92. The minimum absolute atomic E-state index is 0.0195. The van der Waals surface area contributed by atoms with Crippen molar-refractivity contribution in [2.45, 2.75) is 31.1 Å². The molecule has 1 fully saturated rings. The molecule has 98 valence electrons. The van der Waals surface area contributed by atoms with Crippen molar-refractivity contribution in [1.29, 1.82) is 0 Å². The van der Waals surface area contributed by atoms with E-state index >= 15 is 0 Å². The molecule has 0 unspecified atom stereocenters. The van der Waals surface area contributed by atoms with Crippen LogP contribution in [0.2, 0.25) is 0 Å². The molecule has 5 heteroatoms. The third kappa shape index (κ3) is 1.57. The predicted molar refractivity (Wildman–Crippen MR) is 62.1 cm³/mol. The number of alkyl halides is 2. The molecule has 0 spiro atoms. The molecule has 1 aliphatic carbocycles. The van der Waals surface area contributed by atoms with E-state index in [1.54, 1.807) is 0 Å². The number of rotatable bonds is 3. The van der Waals surface area contributed by atoms with Gasteiger partial charge in [-0.05, 0) is 25.0 Å². The largest absolute Gasteiger partial charge is 0.454 e. The van der Waals surface area contributed by atoms with Crippen molar-refractivity contribution >= 4 is 0 Å². The molecule has 2 N–H and O–H groups in total. The Morgan fingerprint density at radius 1 is 1.28 bits per heavy atom. The van der Waals surface area contributed by atoms with Gasteiger partial charge in [-0.25, -0.2) is 8.78 Å². The second-order valence-corrected chi connectivity index (χ2v) is 4.94. The standard InChI is InChI=1S/C13H15F2NO2/c14-12(15)8-4-9(13(6-16)2-1-3-13)11-10(5-8)17-7-18-11/h4-5,12H,1-3,6-7,16H2. The Labute approximate surface area is 104 Å². The normalized spacial score (nSPS) is 20.0. The van der Waals surface area contributed by atoms with Gasteiger partial charge in [0.25, 0.3) is 6.43 Å². The van der Waals surface area contributed by atoms with Crippen LogP contribution in [0, 0.1) is 0 Å². The Kier molecular flexibility index (Phi) is 2.66. The van der Waals surface area contributed by atoms with E-state index in [9.17, 15) is 8.78 Å². The van der Waals surface area contributed by atoms with E-state index in [2.05, 4.69) is 0 Å². The lowest BCUT2D eigenvalue weighted by atomic mass is 9.64. The fourth-order valence-electron chi connectivity index (χ4n) is 2.74. The van der Waals surface area contributed by atoms with Crippen molar-refractivity contribution in [1.82, 2.24) is 0 Å². The highest BCUT2D eigenvalue weighted by atomic mass is 19.3. The molecule has 2 aliphatic rings. The molecule has 0 saturated heterocycles. The summed E-state index contributed by atoms with van der Waals surface area (Å²) in [5.74, 6) is 1.02. The minimum Gasteiger partial charge on any atom is -0.454 e. The highest BCUT2D eigenvalue weighted by Gasteiger charge is 2.42. The van der Waals surface area contributed by atoms with E-state index in [1.165, 1.54) is 12.1 Å². The average Bonchev–Trinajstić information content (AvgIpc) is 2.75. The summed E-state index contributed by atoms with van der Waals surface area (Å²) in [5, 5.41) is 0. The highest BCUT2D eigenvalue weighted by molar-refractivity contribution is 5.55. The number of hydrogen-bond acceptors (Lipinski definition) is 3. The van der Waals surface area contributed by atoms with Gasteiger partial charge >= 0.3 is 0 Å². The van der Waals surface area contributed by atoms with E-state index in [1.807, 2.05) is 0 Å². The third-order valence-electron chi connectivity index (χ3n) is 4.02. The van der Waals surface area contributed by atoms with Crippen LogP contribution in [0.4, 0.5) is 8.78 Å². The number of benzene rings is 1. The van der Waals surface area contributed by atoms with Crippen LogP contribution in [0.5, 0.6) is 11.5 Å². The Morgan fingerprint density at radius 2 is 2.06 bits per heavy atom. The van der Waals surface area contributed by atoms with Crippen LogP contribution < -0.4 is 15.2 Å². The molecule has 0 amide bonds.